The van der Waals surface area contributed by atoms with Gasteiger partial charge in [0.15, 0.2) is 0 Å². The fourth-order valence-electron chi connectivity index (χ4n) is 1.74. The Morgan fingerprint density at radius 2 is 2.18 bits per heavy atom. The molecule has 1 aromatic carbocycles. The summed E-state index contributed by atoms with van der Waals surface area (Å²) in [4.78, 5) is 0. The smallest absolute Gasteiger partial charge is 0.146 e. The molecule has 3 rings (SSSR count). The SMILES string of the molecule is Cc1cc(N)nn1-c1c(Cl)ccc2nsnc12. The van der Waals surface area contributed by atoms with Crippen LogP contribution in [0.25, 0.3) is 16.7 Å². The first-order chi connectivity index (χ1) is 8.16. The lowest BCUT2D eigenvalue weighted by Crippen LogP contribution is -2.01. The van der Waals surface area contributed by atoms with E-state index in [1.807, 2.05) is 13.0 Å². The highest BCUT2D eigenvalue weighted by atomic mass is 35.5. The first kappa shape index (κ1) is 10.5. The molecule has 0 aliphatic rings. The molecule has 0 saturated heterocycles. The minimum atomic E-state index is 0.457. The minimum Gasteiger partial charge on any atom is -0.382 e. The summed E-state index contributed by atoms with van der Waals surface area (Å²) in [6.07, 6.45) is 0. The van der Waals surface area contributed by atoms with Gasteiger partial charge in [-0.3, -0.25) is 0 Å². The zero-order valence-electron chi connectivity index (χ0n) is 8.88. The van der Waals surface area contributed by atoms with E-state index in [1.54, 1.807) is 16.8 Å². The first-order valence-electron chi connectivity index (χ1n) is 4.90. The molecule has 86 valence electrons. The van der Waals surface area contributed by atoms with E-state index >= 15 is 0 Å². The maximum absolute atomic E-state index is 6.21. The van der Waals surface area contributed by atoms with Crippen molar-refractivity contribution in [1.29, 1.82) is 0 Å². The van der Waals surface area contributed by atoms with E-state index in [2.05, 4.69) is 13.8 Å². The van der Waals surface area contributed by atoms with E-state index in [1.165, 1.54) is 0 Å². The van der Waals surface area contributed by atoms with Crippen LogP contribution >= 0.6 is 23.3 Å². The second kappa shape index (κ2) is 3.68. The van der Waals surface area contributed by atoms with Gasteiger partial charge in [-0.2, -0.15) is 13.8 Å². The molecule has 5 nitrogen and oxygen atoms in total. The van der Waals surface area contributed by atoms with Gasteiger partial charge in [0.25, 0.3) is 0 Å². The van der Waals surface area contributed by atoms with E-state index in [-0.39, 0.29) is 0 Å². The van der Waals surface area contributed by atoms with Crippen LogP contribution in [0.4, 0.5) is 5.82 Å². The van der Waals surface area contributed by atoms with Crippen LogP contribution in [-0.2, 0) is 0 Å². The third kappa shape index (κ3) is 1.57. The Labute approximate surface area is 106 Å². The molecular weight excluding hydrogens is 258 g/mol. The number of halogens is 1. The second-order valence-corrected chi connectivity index (χ2v) is 4.59. The van der Waals surface area contributed by atoms with Crippen LogP contribution in [0.5, 0.6) is 0 Å². The summed E-state index contributed by atoms with van der Waals surface area (Å²) in [7, 11) is 0. The van der Waals surface area contributed by atoms with E-state index in [0.29, 0.717) is 10.8 Å². The summed E-state index contributed by atoms with van der Waals surface area (Å²) < 4.78 is 10.1. The Balaban J connectivity index is 2.39. The minimum absolute atomic E-state index is 0.457. The van der Waals surface area contributed by atoms with Gasteiger partial charge in [-0.05, 0) is 19.1 Å². The zero-order valence-corrected chi connectivity index (χ0v) is 10.5. The van der Waals surface area contributed by atoms with E-state index in [4.69, 9.17) is 17.3 Å². The van der Waals surface area contributed by atoms with Crippen molar-refractivity contribution >= 4 is 40.2 Å². The largest absolute Gasteiger partial charge is 0.382 e. The number of rotatable bonds is 1. The first-order valence-corrected chi connectivity index (χ1v) is 6.01. The monoisotopic (exact) mass is 265 g/mol. The van der Waals surface area contributed by atoms with Gasteiger partial charge in [-0.15, -0.1) is 0 Å². The van der Waals surface area contributed by atoms with Crippen molar-refractivity contribution in [2.75, 3.05) is 5.73 Å². The van der Waals surface area contributed by atoms with E-state index < -0.39 is 0 Å². The van der Waals surface area contributed by atoms with Gasteiger partial charge in [0.1, 0.15) is 22.5 Å². The molecule has 0 radical (unpaired) electrons. The van der Waals surface area contributed by atoms with E-state index in [9.17, 15) is 0 Å². The normalized spacial score (nSPS) is 11.2. The molecule has 2 N–H and O–H groups in total. The molecule has 2 aromatic heterocycles. The number of anilines is 1. The third-order valence-electron chi connectivity index (χ3n) is 2.47. The van der Waals surface area contributed by atoms with Gasteiger partial charge in [0.05, 0.1) is 16.8 Å². The van der Waals surface area contributed by atoms with Gasteiger partial charge in [-0.1, -0.05) is 11.6 Å². The zero-order chi connectivity index (χ0) is 12.0. The number of hydrogen-bond donors (Lipinski definition) is 1. The fraction of sp³-hybridized carbons (Fsp3) is 0.100. The molecule has 0 unspecified atom stereocenters. The Morgan fingerprint density at radius 3 is 2.88 bits per heavy atom. The Morgan fingerprint density at radius 1 is 1.35 bits per heavy atom. The number of hydrogen-bond acceptors (Lipinski definition) is 5. The number of benzene rings is 1. The van der Waals surface area contributed by atoms with Crippen molar-refractivity contribution in [3.05, 3.63) is 28.9 Å². The number of aryl methyl sites for hydroxylation is 1. The van der Waals surface area contributed by atoms with Crippen LogP contribution in [0.2, 0.25) is 5.02 Å². The van der Waals surface area contributed by atoms with Crippen molar-refractivity contribution in [1.82, 2.24) is 18.5 Å². The third-order valence-corrected chi connectivity index (χ3v) is 3.32. The summed E-state index contributed by atoms with van der Waals surface area (Å²) in [5, 5.41) is 4.80. The number of nitrogens with two attached hydrogens (primary N) is 1. The lowest BCUT2D eigenvalue weighted by molar-refractivity contribution is 0.857. The number of nitrogens with zero attached hydrogens (tertiary/aromatic N) is 4. The number of nitrogen functional groups attached to an aromatic ring is 1. The maximum atomic E-state index is 6.21. The van der Waals surface area contributed by atoms with Crippen LogP contribution < -0.4 is 5.73 Å². The number of aromatic nitrogens is 4. The van der Waals surface area contributed by atoms with Gasteiger partial charge < -0.3 is 5.73 Å². The molecular formula is C10H8ClN5S. The van der Waals surface area contributed by atoms with Gasteiger partial charge >= 0.3 is 0 Å². The molecule has 0 amide bonds. The highest BCUT2D eigenvalue weighted by Gasteiger charge is 2.14. The van der Waals surface area contributed by atoms with Crippen LogP contribution in [0.1, 0.15) is 5.69 Å². The maximum Gasteiger partial charge on any atom is 0.146 e. The van der Waals surface area contributed by atoms with Crippen molar-refractivity contribution < 1.29 is 0 Å². The second-order valence-electron chi connectivity index (χ2n) is 3.65. The molecule has 17 heavy (non-hydrogen) atoms. The summed E-state index contributed by atoms with van der Waals surface area (Å²) in [5.74, 6) is 0.457. The van der Waals surface area contributed by atoms with Crippen molar-refractivity contribution in [2.24, 2.45) is 0 Å². The molecule has 0 atom stereocenters. The molecule has 0 bridgehead atoms. The molecule has 0 aliphatic heterocycles. The predicted molar refractivity (Wildman–Crippen MR) is 68.7 cm³/mol. The van der Waals surface area contributed by atoms with Crippen LogP contribution in [-0.4, -0.2) is 18.5 Å². The molecule has 7 heteroatoms. The molecule has 2 heterocycles. The van der Waals surface area contributed by atoms with Gasteiger partial charge in [-0.25, -0.2) is 4.68 Å². The lowest BCUT2D eigenvalue weighted by atomic mass is 10.2. The average Bonchev–Trinajstić information content (AvgIpc) is 2.85. The van der Waals surface area contributed by atoms with Gasteiger partial charge in [0, 0.05) is 11.8 Å². The summed E-state index contributed by atoms with van der Waals surface area (Å²) in [6, 6.07) is 5.42. The predicted octanol–water partition coefficient (Wildman–Crippen LogP) is 2.42. The Kier molecular flexibility index (Phi) is 2.27. The number of fused-ring (bicyclic) bond motifs is 1. The molecule has 3 aromatic rings. The van der Waals surface area contributed by atoms with Crippen molar-refractivity contribution in [3.63, 3.8) is 0 Å². The quantitative estimate of drug-likeness (QED) is 0.734. The molecule has 0 spiro atoms. The van der Waals surface area contributed by atoms with Crippen molar-refractivity contribution in [2.45, 2.75) is 6.92 Å². The molecule has 0 saturated carbocycles. The summed E-state index contributed by atoms with van der Waals surface area (Å²) in [6.45, 7) is 1.91. The Bertz CT molecular complexity index is 702. The standard InChI is InChI=1S/C10H8ClN5S/c1-5-4-8(12)13-16(5)10-6(11)2-3-7-9(10)15-17-14-7/h2-4H,1H3,(H2,12,13). The fourth-order valence-corrected chi connectivity index (χ4v) is 2.51. The average molecular weight is 266 g/mol. The van der Waals surface area contributed by atoms with Crippen molar-refractivity contribution in [3.8, 4) is 5.69 Å². The lowest BCUT2D eigenvalue weighted by Gasteiger charge is -2.06. The van der Waals surface area contributed by atoms with Crippen LogP contribution in [0.15, 0.2) is 18.2 Å². The Hall–Kier alpha value is -1.66. The van der Waals surface area contributed by atoms with Crippen LogP contribution in [0.3, 0.4) is 0 Å². The highest BCUT2D eigenvalue weighted by molar-refractivity contribution is 7.00. The van der Waals surface area contributed by atoms with E-state index in [0.717, 1.165) is 34.1 Å². The van der Waals surface area contributed by atoms with Crippen LogP contribution in [0, 0.1) is 6.92 Å². The summed E-state index contributed by atoms with van der Waals surface area (Å²) >= 11 is 7.36. The summed E-state index contributed by atoms with van der Waals surface area (Å²) in [5.41, 5.74) is 8.87. The topological polar surface area (TPSA) is 69.6 Å². The molecule has 0 fully saturated rings. The van der Waals surface area contributed by atoms with Gasteiger partial charge in [0.2, 0.25) is 0 Å². The highest BCUT2D eigenvalue weighted by Crippen LogP contribution is 2.29. The molecule has 0 aliphatic carbocycles.